The molecule has 3 heterocycles. The number of quaternary nitrogens is 1. The van der Waals surface area contributed by atoms with Crippen LogP contribution in [0.1, 0.15) is 50.1 Å². The summed E-state index contributed by atoms with van der Waals surface area (Å²) in [6.07, 6.45) is 4.85. The summed E-state index contributed by atoms with van der Waals surface area (Å²) in [5, 5.41) is 9.60. The van der Waals surface area contributed by atoms with Crippen LogP contribution in [0.25, 0.3) is 11.9 Å². The Balaban J connectivity index is 1.83. The van der Waals surface area contributed by atoms with Crippen molar-refractivity contribution >= 4 is 40.4 Å². The maximum absolute atomic E-state index is 14.6. The van der Waals surface area contributed by atoms with Gasteiger partial charge in [0.2, 0.25) is 0 Å². The number of carbonyl (C=O) groups excluding carboxylic acids is 1. The SMILES string of the molecule is CC(C)(C)c1cnc(C(F)=Cc2cnc([N+]3(C(N)=O)CCC(C(=O)O)CC3)s2)o1. The molecule has 3 N–H and O–H groups in total. The number of nitrogens with zero attached hydrogens (tertiary/aromatic N) is 3. The van der Waals surface area contributed by atoms with Crippen molar-refractivity contribution in [1.29, 1.82) is 0 Å². The number of hydrogen-bond acceptors (Lipinski definition) is 6. The predicted molar refractivity (Wildman–Crippen MR) is 108 cm³/mol. The molecule has 1 fully saturated rings. The number of aromatic nitrogens is 2. The van der Waals surface area contributed by atoms with Gasteiger partial charge in [-0.3, -0.25) is 4.79 Å². The molecule has 0 atom stereocenters. The third-order valence-corrected chi connectivity index (χ3v) is 6.18. The Morgan fingerprint density at radius 3 is 2.48 bits per heavy atom. The number of carboxylic acids is 1. The number of urea groups is 1. The number of likely N-dealkylation sites (tertiary alicyclic amines) is 1. The molecular formula is C19H24FN4O4S+. The van der Waals surface area contributed by atoms with Crippen LogP contribution >= 0.6 is 11.3 Å². The molecule has 3 rings (SSSR count). The highest BCUT2D eigenvalue weighted by atomic mass is 32.1. The first-order valence-corrected chi connectivity index (χ1v) is 10.0. The van der Waals surface area contributed by atoms with Crippen LogP contribution in [0.15, 0.2) is 16.8 Å². The Morgan fingerprint density at radius 2 is 1.97 bits per heavy atom. The lowest BCUT2D eigenvalue weighted by atomic mass is 9.94. The van der Waals surface area contributed by atoms with Crippen LogP contribution < -0.4 is 10.2 Å². The van der Waals surface area contributed by atoms with E-state index in [2.05, 4.69) is 9.97 Å². The number of amides is 2. The molecule has 1 aliphatic rings. The number of thiazole rings is 1. The largest absolute Gasteiger partial charge is 0.481 e. The van der Waals surface area contributed by atoms with Gasteiger partial charge in [0.15, 0.2) is 5.83 Å². The molecule has 2 aromatic rings. The topological polar surface area (TPSA) is 119 Å². The normalized spacial score (nSPS) is 23.2. The van der Waals surface area contributed by atoms with Crippen LogP contribution in [0.2, 0.25) is 0 Å². The molecule has 0 unspecified atom stereocenters. The molecule has 10 heteroatoms. The minimum absolute atomic E-state index is 0.119. The van der Waals surface area contributed by atoms with Crippen molar-refractivity contribution in [3.63, 3.8) is 0 Å². The number of halogens is 1. The molecule has 0 spiro atoms. The van der Waals surface area contributed by atoms with Crippen molar-refractivity contribution in [1.82, 2.24) is 14.5 Å². The molecule has 1 aliphatic heterocycles. The first-order chi connectivity index (χ1) is 13.5. The Morgan fingerprint density at radius 1 is 1.31 bits per heavy atom. The molecule has 156 valence electrons. The van der Waals surface area contributed by atoms with E-state index in [1.807, 2.05) is 20.8 Å². The zero-order valence-corrected chi connectivity index (χ0v) is 17.3. The van der Waals surface area contributed by atoms with Gasteiger partial charge in [-0.1, -0.05) is 32.1 Å². The van der Waals surface area contributed by atoms with Crippen LogP contribution in [0, 0.1) is 5.92 Å². The number of rotatable bonds is 4. The van der Waals surface area contributed by atoms with Crippen LogP contribution in [0.3, 0.4) is 0 Å². The molecule has 1 saturated heterocycles. The van der Waals surface area contributed by atoms with E-state index in [4.69, 9.17) is 10.2 Å². The number of piperidine rings is 1. The van der Waals surface area contributed by atoms with Gasteiger partial charge in [-0.2, -0.15) is 9.47 Å². The average molecular weight is 423 g/mol. The number of primary amides is 1. The Kier molecular flexibility index (Phi) is 5.59. The van der Waals surface area contributed by atoms with E-state index in [1.165, 1.54) is 18.5 Å². The Hall–Kier alpha value is -2.59. The number of nitrogens with two attached hydrogens (primary N) is 1. The maximum Gasteiger partial charge on any atom is 0.421 e. The summed E-state index contributed by atoms with van der Waals surface area (Å²) in [7, 11) is 0. The quantitative estimate of drug-likeness (QED) is 0.722. The van der Waals surface area contributed by atoms with E-state index in [0.717, 1.165) is 11.3 Å². The average Bonchev–Trinajstić information content (AvgIpc) is 3.31. The monoisotopic (exact) mass is 423 g/mol. The third kappa shape index (κ3) is 4.23. The second-order valence-electron chi connectivity index (χ2n) is 8.18. The van der Waals surface area contributed by atoms with E-state index in [-0.39, 0.29) is 28.9 Å². The minimum atomic E-state index is -0.877. The van der Waals surface area contributed by atoms with Gasteiger partial charge in [-0.15, -0.1) is 0 Å². The van der Waals surface area contributed by atoms with Gasteiger partial charge in [0, 0.05) is 18.3 Å². The molecule has 2 amide bonds. The molecule has 8 nitrogen and oxygen atoms in total. The van der Waals surface area contributed by atoms with Crippen molar-refractivity contribution in [3.8, 4) is 0 Å². The van der Waals surface area contributed by atoms with E-state index in [9.17, 15) is 19.1 Å². The number of hydrogen-bond donors (Lipinski definition) is 2. The van der Waals surface area contributed by atoms with Gasteiger partial charge in [-0.25, -0.2) is 14.2 Å². The van der Waals surface area contributed by atoms with E-state index in [1.54, 1.807) is 0 Å². The summed E-state index contributed by atoms with van der Waals surface area (Å²) in [6, 6.07) is -0.596. The molecule has 0 radical (unpaired) electrons. The van der Waals surface area contributed by atoms with Crippen LogP contribution in [0.5, 0.6) is 0 Å². The number of carbonyl (C=O) groups is 2. The third-order valence-electron chi connectivity index (χ3n) is 5.09. The molecular weight excluding hydrogens is 399 g/mol. The molecule has 0 aliphatic carbocycles. The lowest BCUT2D eigenvalue weighted by Crippen LogP contribution is -2.61. The smallest absolute Gasteiger partial charge is 0.421 e. The summed E-state index contributed by atoms with van der Waals surface area (Å²) < 4.78 is 19.9. The summed E-state index contributed by atoms with van der Waals surface area (Å²) in [6.45, 7) is 6.32. The van der Waals surface area contributed by atoms with Gasteiger partial charge in [0.25, 0.3) is 11.0 Å². The second kappa shape index (κ2) is 7.68. The van der Waals surface area contributed by atoms with Gasteiger partial charge in [0.1, 0.15) is 5.76 Å². The molecule has 29 heavy (non-hydrogen) atoms. The molecule has 2 aromatic heterocycles. The van der Waals surface area contributed by atoms with Gasteiger partial charge in [-0.05, 0) is 6.08 Å². The van der Waals surface area contributed by atoms with E-state index < -0.39 is 23.7 Å². The number of carboxylic acid groups (broad SMARTS) is 1. The van der Waals surface area contributed by atoms with Gasteiger partial charge < -0.3 is 15.3 Å². The van der Waals surface area contributed by atoms with Gasteiger partial charge >= 0.3 is 12.0 Å². The predicted octanol–water partition coefficient (Wildman–Crippen LogP) is 3.78. The summed E-state index contributed by atoms with van der Waals surface area (Å²) in [5.41, 5.74) is 5.35. The first kappa shape index (κ1) is 21.1. The fraction of sp³-hybridized carbons (Fsp3) is 0.474. The summed E-state index contributed by atoms with van der Waals surface area (Å²) in [5.74, 6) is -1.57. The van der Waals surface area contributed by atoms with Crippen molar-refractivity contribution in [3.05, 3.63) is 28.9 Å². The Bertz CT molecular complexity index is 952. The van der Waals surface area contributed by atoms with E-state index in [0.29, 0.717) is 28.6 Å². The van der Waals surface area contributed by atoms with Crippen LogP contribution in [-0.2, 0) is 10.2 Å². The highest BCUT2D eigenvalue weighted by molar-refractivity contribution is 7.16. The van der Waals surface area contributed by atoms with Crippen molar-refractivity contribution in [2.75, 3.05) is 13.1 Å². The summed E-state index contributed by atoms with van der Waals surface area (Å²) >= 11 is 1.14. The highest BCUT2D eigenvalue weighted by Gasteiger charge is 2.45. The molecule has 0 saturated carbocycles. The number of aliphatic carboxylic acids is 1. The van der Waals surface area contributed by atoms with Crippen molar-refractivity contribution < 1.29 is 23.5 Å². The molecule has 0 aromatic carbocycles. The van der Waals surface area contributed by atoms with Gasteiger partial charge in [0.05, 0.1) is 36.3 Å². The zero-order valence-electron chi connectivity index (χ0n) is 16.5. The highest BCUT2D eigenvalue weighted by Crippen LogP contribution is 2.36. The lowest BCUT2D eigenvalue weighted by Gasteiger charge is -2.36. The van der Waals surface area contributed by atoms with E-state index >= 15 is 0 Å². The number of oxazole rings is 1. The Labute approximate surface area is 171 Å². The molecule has 0 bridgehead atoms. The lowest BCUT2D eigenvalue weighted by molar-refractivity contribution is -0.143. The second-order valence-corrected chi connectivity index (χ2v) is 9.22. The fourth-order valence-corrected chi connectivity index (χ4v) is 4.25. The van der Waals surface area contributed by atoms with Crippen LogP contribution in [-0.4, -0.2) is 40.2 Å². The summed E-state index contributed by atoms with van der Waals surface area (Å²) in [4.78, 5) is 32.1. The van der Waals surface area contributed by atoms with Crippen molar-refractivity contribution in [2.45, 2.75) is 39.0 Å². The van der Waals surface area contributed by atoms with Crippen molar-refractivity contribution in [2.24, 2.45) is 11.7 Å². The van der Waals surface area contributed by atoms with Crippen LogP contribution in [0.4, 0.5) is 14.3 Å². The first-order valence-electron chi connectivity index (χ1n) is 9.23. The maximum atomic E-state index is 14.6. The fourth-order valence-electron chi connectivity index (χ4n) is 3.22. The minimum Gasteiger partial charge on any atom is -0.481 e. The standard InChI is InChI=1S/C19H23FN4O4S/c1-19(2,3)14-10-22-15(28-14)13(20)8-12-9-23-18(29-12)24(17(21)27)6-4-11(5-7-24)16(25)26/h8-11H,4-7H2,1-3H3,(H2-,21,25,26,27)/p+1. The zero-order chi connectivity index (χ0) is 21.4.